The molecule has 0 unspecified atom stereocenters. The van der Waals surface area contributed by atoms with Crippen molar-refractivity contribution in [2.75, 3.05) is 36.4 Å². The first kappa shape index (κ1) is 25.2. The number of hydrogen-bond donors (Lipinski definition) is 1. The topological polar surface area (TPSA) is 70.6 Å². The Hall–Kier alpha value is -3.45. The highest BCUT2D eigenvalue weighted by molar-refractivity contribution is 6.03. The molecule has 3 heterocycles. The van der Waals surface area contributed by atoms with Crippen LogP contribution in [0.1, 0.15) is 50.8 Å². The van der Waals surface area contributed by atoms with E-state index < -0.39 is 0 Å². The summed E-state index contributed by atoms with van der Waals surface area (Å²) in [5, 5.41) is 3.91. The number of anilines is 2. The fourth-order valence-electron chi connectivity index (χ4n) is 5.31. The summed E-state index contributed by atoms with van der Waals surface area (Å²) in [6, 6.07) is 14.2. The second-order valence-electron chi connectivity index (χ2n) is 10.4. The predicted molar refractivity (Wildman–Crippen MR) is 150 cm³/mol. The Balaban J connectivity index is 1.21. The Morgan fingerprint density at radius 2 is 1.76 bits per heavy atom. The van der Waals surface area contributed by atoms with Gasteiger partial charge in [0.05, 0.1) is 17.3 Å². The maximum Gasteiger partial charge on any atom is 0.248 e. The van der Waals surface area contributed by atoms with Gasteiger partial charge in [0.2, 0.25) is 11.9 Å². The number of rotatable bonds is 7. The number of ether oxygens (including phenoxy) is 1. The van der Waals surface area contributed by atoms with E-state index in [1.807, 2.05) is 63.2 Å². The first-order chi connectivity index (χ1) is 17.9. The number of likely N-dealkylation sites (tertiary alicyclic amines) is 1. The van der Waals surface area contributed by atoms with Gasteiger partial charge in [0.15, 0.2) is 0 Å². The second kappa shape index (κ2) is 11.3. The van der Waals surface area contributed by atoms with E-state index >= 15 is 0 Å². The number of nitrogens with zero attached hydrogens (tertiary/aromatic N) is 4. The van der Waals surface area contributed by atoms with Crippen molar-refractivity contribution in [3.63, 3.8) is 0 Å². The number of hydrogen-bond acceptors (Lipinski definition) is 6. The lowest BCUT2D eigenvalue weighted by atomic mass is 10.0. The molecular formula is C30H37N5O2. The summed E-state index contributed by atoms with van der Waals surface area (Å²) in [6.45, 7) is 10.5. The van der Waals surface area contributed by atoms with Gasteiger partial charge in [0.25, 0.3) is 0 Å². The van der Waals surface area contributed by atoms with Crippen LogP contribution in [-0.4, -0.2) is 59.1 Å². The Morgan fingerprint density at radius 3 is 2.46 bits per heavy atom. The third-order valence-corrected chi connectivity index (χ3v) is 7.23. The van der Waals surface area contributed by atoms with Gasteiger partial charge in [-0.3, -0.25) is 4.79 Å². The van der Waals surface area contributed by atoms with Crippen molar-refractivity contribution in [3.05, 3.63) is 59.8 Å². The minimum atomic E-state index is -0.182. The Bertz CT molecular complexity index is 1260. The van der Waals surface area contributed by atoms with Crippen molar-refractivity contribution in [2.45, 2.75) is 58.6 Å². The molecule has 0 spiro atoms. The van der Waals surface area contributed by atoms with Crippen LogP contribution in [0, 0.1) is 6.92 Å². The van der Waals surface area contributed by atoms with E-state index in [-0.39, 0.29) is 12.0 Å². The van der Waals surface area contributed by atoms with Crippen molar-refractivity contribution >= 4 is 34.5 Å². The fraction of sp³-hybridized carbons (Fsp3) is 0.433. The highest BCUT2D eigenvalue weighted by Gasteiger charge is 2.27. The number of carbonyl (C=O) groups is 1. The predicted octanol–water partition coefficient (Wildman–Crippen LogP) is 5.44. The molecule has 1 amide bonds. The normalized spacial score (nSPS) is 17.2. The number of benzene rings is 2. The van der Waals surface area contributed by atoms with Crippen LogP contribution in [0.5, 0.6) is 5.75 Å². The summed E-state index contributed by atoms with van der Waals surface area (Å²) in [5.74, 6) is 1.45. The number of amides is 1. The number of aryl methyl sites for hydroxylation is 1. The Kier molecular flexibility index (Phi) is 7.70. The molecule has 2 fully saturated rings. The lowest BCUT2D eigenvalue weighted by Crippen LogP contribution is -2.44. The van der Waals surface area contributed by atoms with Crippen LogP contribution in [0.4, 0.5) is 11.6 Å². The van der Waals surface area contributed by atoms with Crippen LogP contribution >= 0.6 is 0 Å². The molecule has 2 aromatic carbocycles. The van der Waals surface area contributed by atoms with E-state index in [4.69, 9.17) is 14.7 Å². The third-order valence-electron chi connectivity index (χ3n) is 7.23. The molecule has 7 nitrogen and oxygen atoms in total. The quantitative estimate of drug-likeness (QED) is 0.437. The van der Waals surface area contributed by atoms with Crippen LogP contribution in [0.25, 0.3) is 17.0 Å². The molecule has 5 rings (SSSR count). The number of carbonyl (C=O) groups excluding carboxylic acids is 1. The molecule has 2 saturated heterocycles. The molecule has 2 aliphatic rings. The first-order valence-electron chi connectivity index (χ1n) is 13.5. The average molecular weight is 500 g/mol. The molecule has 1 N–H and O–H groups in total. The van der Waals surface area contributed by atoms with Crippen molar-refractivity contribution in [1.82, 2.24) is 14.9 Å². The molecule has 0 bridgehead atoms. The van der Waals surface area contributed by atoms with Gasteiger partial charge in [-0.05, 0) is 102 Å². The maximum absolute atomic E-state index is 12.5. The third kappa shape index (κ3) is 6.28. The number of aromatic nitrogens is 2. The van der Waals surface area contributed by atoms with Gasteiger partial charge in [-0.25, -0.2) is 9.97 Å². The van der Waals surface area contributed by atoms with Crippen molar-refractivity contribution in [2.24, 2.45) is 0 Å². The molecule has 37 heavy (non-hydrogen) atoms. The van der Waals surface area contributed by atoms with E-state index in [1.165, 1.54) is 38.8 Å². The average Bonchev–Trinajstić information content (AvgIpc) is 3.43. The standard InChI is InChI=1S/C30H37N5O2/c1-21(2)37-26-10-6-23(7-11-26)8-13-29(36)32-24-9-12-28-27(20-24)22(3)31-30(33-28)35-18-14-25(15-19-35)34-16-4-5-17-34/h6-13,20-21,25H,4-5,14-19H2,1-3H3,(H,32,36). The maximum atomic E-state index is 12.5. The molecule has 7 heteroatoms. The summed E-state index contributed by atoms with van der Waals surface area (Å²) in [7, 11) is 0. The van der Waals surface area contributed by atoms with Crippen LogP contribution < -0.4 is 15.0 Å². The summed E-state index contributed by atoms with van der Waals surface area (Å²) in [6.07, 6.45) is 8.50. The number of nitrogens with one attached hydrogen (secondary N) is 1. The molecular weight excluding hydrogens is 462 g/mol. The lowest BCUT2D eigenvalue weighted by Gasteiger charge is -2.36. The van der Waals surface area contributed by atoms with Crippen molar-refractivity contribution < 1.29 is 9.53 Å². The summed E-state index contributed by atoms with van der Waals surface area (Å²) >= 11 is 0. The van der Waals surface area contributed by atoms with E-state index in [0.717, 1.165) is 52.6 Å². The van der Waals surface area contributed by atoms with Gasteiger partial charge in [-0.15, -0.1) is 0 Å². The zero-order valence-corrected chi connectivity index (χ0v) is 22.1. The van der Waals surface area contributed by atoms with Gasteiger partial charge >= 0.3 is 0 Å². The Morgan fingerprint density at radius 1 is 1.03 bits per heavy atom. The Labute approximate surface area is 219 Å². The summed E-state index contributed by atoms with van der Waals surface area (Å²) in [5.41, 5.74) is 3.50. The van der Waals surface area contributed by atoms with Crippen LogP contribution in [0.2, 0.25) is 0 Å². The molecule has 0 atom stereocenters. The van der Waals surface area contributed by atoms with E-state index in [2.05, 4.69) is 15.1 Å². The molecule has 2 aliphatic heterocycles. The highest BCUT2D eigenvalue weighted by Crippen LogP contribution is 2.26. The second-order valence-corrected chi connectivity index (χ2v) is 10.4. The molecule has 0 aliphatic carbocycles. The summed E-state index contributed by atoms with van der Waals surface area (Å²) in [4.78, 5) is 27.2. The van der Waals surface area contributed by atoms with E-state index in [0.29, 0.717) is 6.04 Å². The monoisotopic (exact) mass is 499 g/mol. The SMILES string of the molecule is Cc1nc(N2CCC(N3CCCC3)CC2)nc2ccc(NC(=O)C=Cc3ccc(OC(C)C)cc3)cc12. The minimum Gasteiger partial charge on any atom is -0.491 e. The van der Waals surface area contributed by atoms with Crippen molar-refractivity contribution in [3.8, 4) is 5.75 Å². The van der Waals surface area contributed by atoms with Crippen LogP contribution in [-0.2, 0) is 4.79 Å². The van der Waals surface area contributed by atoms with E-state index in [1.54, 1.807) is 12.2 Å². The highest BCUT2D eigenvalue weighted by atomic mass is 16.5. The van der Waals surface area contributed by atoms with E-state index in [9.17, 15) is 4.79 Å². The smallest absolute Gasteiger partial charge is 0.248 e. The van der Waals surface area contributed by atoms with Gasteiger partial charge in [0, 0.05) is 36.3 Å². The van der Waals surface area contributed by atoms with Gasteiger partial charge < -0.3 is 19.9 Å². The fourth-order valence-corrected chi connectivity index (χ4v) is 5.31. The first-order valence-corrected chi connectivity index (χ1v) is 13.5. The lowest BCUT2D eigenvalue weighted by molar-refractivity contribution is -0.111. The van der Waals surface area contributed by atoms with Crippen LogP contribution in [0.15, 0.2) is 48.5 Å². The molecule has 0 saturated carbocycles. The zero-order chi connectivity index (χ0) is 25.8. The largest absolute Gasteiger partial charge is 0.491 e. The van der Waals surface area contributed by atoms with Gasteiger partial charge in [-0.2, -0.15) is 0 Å². The molecule has 194 valence electrons. The molecule has 1 aromatic heterocycles. The van der Waals surface area contributed by atoms with Gasteiger partial charge in [0.1, 0.15) is 5.75 Å². The zero-order valence-electron chi connectivity index (χ0n) is 22.1. The summed E-state index contributed by atoms with van der Waals surface area (Å²) < 4.78 is 5.67. The minimum absolute atomic E-state index is 0.131. The van der Waals surface area contributed by atoms with Crippen molar-refractivity contribution in [1.29, 1.82) is 0 Å². The van der Waals surface area contributed by atoms with Gasteiger partial charge in [-0.1, -0.05) is 12.1 Å². The molecule has 0 radical (unpaired) electrons. The van der Waals surface area contributed by atoms with Crippen LogP contribution in [0.3, 0.4) is 0 Å². The molecule has 3 aromatic rings. The number of fused-ring (bicyclic) bond motifs is 1. The number of piperidine rings is 1.